The lowest BCUT2D eigenvalue weighted by Crippen LogP contribution is -2.22. The highest BCUT2D eigenvalue weighted by Gasteiger charge is 2.39. The summed E-state index contributed by atoms with van der Waals surface area (Å²) in [7, 11) is 0. The van der Waals surface area contributed by atoms with Crippen LogP contribution >= 0.6 is 0 Å². The maximum atomic E-state index is 12.1. The number of carbonyl (C=O) groups excluding carboxylic acids is 1. The summed E-state index contributed by atoms with van der Waals surface area (Å²) in [5.74, 6) is -1.98. The van der Waals surface area contributed by atoms with Gasteiger partial charge in [0.1, 0.15) is 5.75 Å². The number of aromatic hydroxyl groups is 1. The number of aryl methyl sites for hydroxylation is 2. The summed E-state index contributed by atoms with van der Waals surface area (Å²) in [5, 5.41) is 9.32. The van der Waals surface area contributed by atoms with Crippen molar-refractivity contribution in [3.63, 3.8) is 0 Å². The average molecular weight is 218 g/mol. The van der Waals surface area contributed by atoms with E-state index in [1.54, 1.807) is 0 Å². The molecule has 0 aliphatic rings. The van der Waals surface area contributed by atoms with Crippen LogP contribution in [0.2, 0.25) is 0 Å². The van der Waals surface area contributed by atoms with E-state index in [4.69, 9.17) is 0 Å². The van der Waals surface area contributed by atoms with Gasteiger partial charge in [-0.3, -0.25) is 4.79 Å². The van der Waals surface area contributed by atoms with Gasteiger partial charge in [0.25, 0.3) is 5.78 Å². The van der Waals surface area contributed by atoms with Gasteiger partial charge in [0.15, 0.2) is 0 Å². The predicted octanol–water partition coefficient (Wildman–Crippen LogP) is 2.75. The number of hydrogen-bond donors (Lipinski definition) is 1. The molecule has 1 N–H and O–H groups in total. The molecule has 0 saturated heterocycles. The molecule has 0 bridgehead atoms. The molecule has 2 nitrogen and oxygen atoms in total. The molecule has 5 heteroatoms. The summed E-state index contributed by atoms with van der Waals surface area (Å²) in [4.78, 5) is 10.9. The Morgan fingerprint density at radius 3 is 1.93 bits per heavy atom. The van der Waals surface area contributed by atoms with E-state index in [2.05, 4.69) is 0 Å². The molecule has 0 saturated carbocycles. The van der Waals surface area contributed by atoms with Crippen molar-refractivity contribution in [3.05, 3.63) is 28.8 Å². The molecule has 0 radical (unpaired) electrons. The van der Waals surface area contributed by atoms with Crippen molar-refractivity contribution in [1.82, 2.24) is 0 Å². The Bertz CT molecular complexity index is 385. The van der Waals surface area contributed by atoms with E-state index in [1.165, 1.54) is 13.8 Å². The number of phenols is 1. The van der Waals surface area contributed by atoms with Crippen molar-refractivity contribution < 1.29 is 23.1 Å². The second-order valence-electron chi connectivity index (χ2n) is 3.29. The highest BCUT2D eigenvalue weighted by Crippen LogP contribution is 2.27. The Balaban J connectivity index is 3.24. The first kappa shape index (κ1) is 11.6. The van der Waals surface area contributed by atoms with Crippen molar-refractivity contribution in [2.24, 2.45) is 0 Å². The molecule has 0 spiro atoms. The maximum absolute atomic E-state index is 12.1. The van der Waals surface area contributed by atoms with Crippen LogP contribution in [0, 0.1) is 13.8 Å². The summed E-state index contributed by atoms with van der Waals surface area (Å²) >= 11 is 0. The van der Waals surface area contributed by atoms with Crippen LogP contribution in [0.25, 0.3) is 0 Å². The zero-order chi connectivity index (χ0) is 11.8. The first-order chi connectivity index (χ1) is 6.73. The Labute approximate surface area is 84.3 Å². The van der Waals surface area contributed by atoms with Gasteiger partial charge in [-0.25, -0.2) is 0 Å². The molecule has 82 valence electrons. The number of hydrogen-bond acceptors (Lipinski definition) is 2. The van der Waals surface area contributed by atoms with E-state index >= 15 is 0 Å². The van der Waals surface area contributed by atoms with Crippen LogP contribution in [0.3, 0.4) is 0 Å². The van der Waals surface area contributed by atoms with Crippen LogP contribution in [0.15, 0.2) is 12.1 Å². The van der Waals surface area contributed by atoms with Gasteiger partial charge < -0.3 is 5.11 Å². The topological polar surface area (TPSA) is 37.3 Å². The first-order valence-electron chi connectivity index (χ1n) is 4.15. The Kier molecular flexibility index (Phi) is 2.75. The van der Waals surface area contributed by atoms with Crippen molar-refractivity contribution >= 4 is 5.78 Å². The molecule has 0 unspecified atom stereocenters. The van der Waals surface area contributed by atoms with Gasteiger partial charge in [-0.05, 0) is 37.1 Å². The van der Waals surface area contributed by atoms with Crippen LogP contribution in [0.1, 0.15) is 21.5 Å². The van der Waals surface area contributed by atoms with E-state index in [1.807, 2.05) is 0 Å². The second kappa shape index (κ2) is 3.56. The molecule has 0 fully saturated rings. The van der Waals surface area contributed by atoms with Crippen LogP contribution < -0.4 is 0 Å². The number of Topliss-reactive ketones (excluding diaryl/α,β-unsaturated/α-hetero) is 1. The van der Waals surface area contributed by atoms with Gasteiger partial charge in [-0.15, -0.1) is 0 Å². The minimum Gasteiger partial charge on any atom is -0.507 e. The molecule has 0 aromatic heterocycles. The van der Waals surface area contributed by atoms with Crippen LogP contribution in [-0.4, -0.2) is 17.1 Å². The van der Waals surface area contributed by atoms with Gasteiger partial charge in [-0.2, -0.15) is 13.2 Å². The number of alkyl halides is 3. The second-order valence-corrected chi connectivity index (χ2v) is 3.29. The number of halogens is 3. The first-order valence-corrected chi connectivity index (χ1v) is 4.15. The van der Waals surface area contributed by atoms with Crippen LogP contribution in [-0.2, 0) is 0 Å². The van der Waals surface area contributed by atoms with Crippen molar-refractivity contribution in [2.45, 2.75) is 20.0 Å². The van der Waals surface area contributed by atoms with Crippen molar-refractivity contribution in [3.8, 4) is 5.75 Å². The molecular formula is C10H9F3O2. The maximum Gasteiger partial charge on any atom is 0.454 e. The molecule has 0 atom stereocenters. The third-order valence-corrected chi connectivity index (χ3v) is 2.01. The fourth-order valence-electron chi connectivity index (χ4n) is 1.25. The highest BCUT2D eigenvalue weighted by atomic mass is 19.4. The molecule has 0 heterocycles. The quantitative estimate of drug-likeness (QED) is 0.736. The summed E-state index contributed by atoms with van der Waals surface area (Å²) < 4.78 is 36.3. The smallest absolute Gasteiger partial charge is 0.454 e. The number of carbonyl (C=O) groups is 1. The molecule has 1 aromatic rings. The molecular weight excluding hydrogens is 209 g/mol. The standard InChI is InChI=1S/C10H9F3O2/c1-5-3-7(4-6(2)8(5)14)9(15)10(11,12)13/h3-4,14H,1-2H3. The van der Waals surface area contributed by atoms with Crippen molar-refractivity contribution in [1.29, 1.82) is 0 Å². The lowest BCUT2D eigenvalue weighted by molar-refractivity contribution is -0.0885. The van der Waals surface area contributed by atoms with E-state index in [-0.39, 0.29) is 16.9 Å². The predicted molar refractivity (Wildman–Crippen MR) is 48.0 cm³/mol. The Hall–Kier alpha value is -1.52. The zero-order valence-electron chi connectivity index (χ0n) is 8.14. The molecule has 1 aromatic carbocycles. The minimum atomic E-state index is -4.88. The number of phenolic OH excluding ortho intramolecular Hbond substituents is 1. The third kappa shape index (κ3) is 2.29. The summed E-state index contributed by atoms with van der Waals surface area (Å²) in [6.45, 7) is 2.88. The zero-order valence-corrected chi connectivity index (χ0v) is 8.14. The van der Waals surface area contributed by atoms with Gasteiger partial charge >= 0.3 is 6.18 Å². The average Bonchev–Trinajstić information content (AvgIpc) is 2.10. The molecule has 0 aliphatic carbocycles. The highest BCUT2D eigenvalue weighted by molar-refractivity contribution is 6.00. The van der Waals surface area contributed by atoms with Gasteiger partial charge in [0.2, 0.25) is 0 Å². The third-order valence-electron chi connectivity index (χ3n) is 2.01. The van der Waals surface area contributed by atoms with Crippen LogP contribution in [0.4, 0.5) is 13.2 Å². The Morgan fingerprint density at radius 2 is 1.60 bits per heavy atom. The Morgan fingerprint density at radius 1 is 1.20 bits per heavy atom. The fourth-order valence-corrected chi connectivity index (χ4v) is 1.25. The van der Waals surface area contributed by atoms with Gasteiger partial charge in [0, 0.05) is 5.56 Å². The van der Waals surface area contributed by atoms with E-state index < -0.39 is 17.5 Å². The van der Waals surface area contributed by atoms with Gasteiger partial charge in [-0.1, -0.05) is 0 Å². The van der Waals surface area contributed by atoms with E-state index in [0.29, 0.717) is 0 Å². The molecule has 0 amide bonds. The number of benzene rings is 1. The molecule has 0 aliphatic heterocycles. The summed E-state index contributed by atoms with van der Waals surface area (Å²) in [6, 6.07) is 2.05. The molecule has 1 rings (SSSR count). The molecule has 15 heavy (non-hydrogen) atoms. The fraction of sp³-hybridized carbons (Fsp3) is 0.300. The van der Waals surface area contributed by atoms with E-state index in [0.717, 1.165) is 12.1 Å². The minimum absolute atomic E-state index is 0.0891. The van der Waals surface area contributed by atoms with Gasteiger partial charge in [0.05, 0.1) is 0 Å². The van der Waals surface area contributed by atoms with Crippen LogP contribution in [0.5, 0.6) is 5.75 Å². The monoisotopic (exact) mass is 218 g/mol. The number of rotatable bonds is 1. The lowest BCUT2D eigenvalue weighted by Gasteiger charge is -2.08. The summed E-state index contributed by atoms with van der Waals surface area (Å²) in [6.07, 6.45) is -4.88. The van der Waals surface area contributed by atoms with Crippen molar-refractivity contribution in [2.75, 3.05) is 0 Å². The SMILES string of the molecule is Cc1cc(C(=O)C(F)(F)F)cc(C)c1O. The normalized spacial score (nSPS) is 11.5. The summed E-state index contributed by atoms with van der Waals surface area (Å²) in [5.41, 5.74) is 0.0560. The van der Waals surface area contributed by atoms with E-state index in [9.17, 15) is 23.1 Å². The largest absolute Gasteiger partial charge is 0.507 e. The number of ketones is 1. The lowest BCUT2D eigenvalue weighted by atomic mass is 10.0.